The number of benzene rings is 2. The van der Waals surface area contributed by atoms with Crippen LogP contribution in [0.1, 0.15) is 53.1 Å². The summed E-state index contributed by atoms with van der Waals surface area (Å²) in [6.45, 7) is 0.515. The molecule has 0 aliphatic carbocycles. The van der Waals surface area contributed by atoms with Gasteiger partial charge in [0.1, 0.15) is 29.1 Å². The van der Waals surface area contributed by atoms with Crippen molar-refractivity contribution in [1.82, 2.24) is 15.0 Å². The molecular weight excluding hydrogens is 428 g/mol. The summed E-state index contributed by atoms with van der Waals surface area (Å²) in [5, 5.41) is 3.89. The minimum absolute atomic E-state index is 0.0340. The Hall–Kier alpha value is -3.81. The Morgan fingerprint density at radius 2 is 1.97 bits per heavy atom. The lowest BCUT2D eigenvalue weighted by molar-refractivity contribution is 0.0528. The monoisotopic (exact) mass is 449 g/mol. The molecule has 4 aromatic rings. The van der Waals surface area contributed by atoms with Crippen LogP contribution < -0.4 is 0 Å². The van der Waals surface area contributed by atoms with Crippen LogP contribution in [0.5, 0.6) is 0 Å². The predicted octanol–water partition coefficient (Wildman–Crippen LogP) is 5.57. The van der Waals surface area contributed by atoms with Crippen molar-refractivity contribution < 1.29 is 22.5 Å². The zero-order chi connectivity index (χ0) is 22.8. The molecule has 1 aliphatic rings. The fourth-order valence-corrected chi connectivity index (χ4v) is 4.15. The zero-order valence-corrected chi connectivity index (χ0v) is 17.7. The first-order valence-corrected chi connectivity index (χ1v) is 10.8. The number of aromatic nitrogens is 2. The summed E-state index contributed by atoms with van der Waals surface area (Å²) in [6.07, 6.45) is 4.47. The van der Waals surface area contributed by atoms with Crippen molar-refractivity contribution in [2.45, 2.75) is 31.7 Å². The maximum atomic E-state index is 14.1. The molecule has 0 N–H and O–H groups in total. The van der Waals surface area contributed by atoms with Crippen LogP contribution in [0.15, 0.2) is 69.7 Å². The number of rotatable bonds is 5. The van der Waals surface area contributed by atoms with Gasteiger partial charge in [0.15, 0.2) is 0 Å². The number of piperidine rings is 1. The van der Waals surface area contributed by atoms with E-state index in [-0.39, 0.29) is 34.8 Å². The molecule has 0 bridgehead atoms. The van der Waals surface area contributed by atoms with Gasteiger partial charge in [-0.1, -0.05) is 29.4 Å². The molecule has 5 rings (SSSR count). The van der Waals surface area contributed by atoms with Crippen molar-refractivity contribution in [1.29, 1.82) is 0 Å². The molecule has 8 heteroatoms. The summed E-state index contributed by atoms with van der Waals surface area (Å²) in [7, 11) is 0. The van der Waals surface area contributed by atoms with Crippen molar-refractivity contribution in [3.63, 3.8) is 0 Å². The molecule has 2 aromatic carbocycles. The molecular formula is C25H21F2N3O3. The number of hydrogen-bond donors (Lipinski definition) is 0. The fraction of sp³-hybridized carbons (Fsp3) is 0.240. The highest BCUT2D eigenvalue weighted by molar-refractivity contribution is 5.92. The maximum absolute atomic E-state index is 14.1. The van der Waals surface area contributed by atoms with E-state index in [2.05, 4.69) is 10.1 Å². The van der Waals surface area contributed by atoms with Crippen molar-refractivity contribution in [3.05, 3.63) is 95.4 Å². The number of nitrogens with zero attached hydrogens (tertiary/aromatic N) is 3. The third-order valence-electron chi connectivity index (χ3n) is 5.76. The Kier molecular flexibility index (Phi) is 5.73. The van der Waals surface area contributed by atoms with Crippen LogP contribution >= 0.6 is 0 Å². The van der Waals surface area contributed by atoms with Crippen LogP contribution in [0, 0.1) is 11.6 Å². The lowest BCUT2D eigenvalue weighted by Gasteiger charge is -2.32. The second-order valence-corrected chi connectivity index (χ2v) is 8.04. The van der Waals surface area contributed by atoms with E-state index in [1.807, 2.05) is 6.07 Å². The smallest absolute Gasteiger partial charge is 0.293 e. The van der Waals surface area contributed by atoms with Crippen LogP contribution in [0.3, 0.4) is 0 Å². The minimum atomic E-state index is -0.439. The highest BCUT2D eigenvalue weighted by atomic mass is 19.1. The summed E-state index contributed by atoms with van der Waals surface area (Å²) >= 11 is 0. The van der Waals surface area contributed by atoms with Gasteiger partial charge in [0.25, 0.3) is 5.91 Å². The van der Waals surface area contributed by atoms with Gasteiger partial charge in [-0.25, -0.2) is 13.8 Å². The summed E-state index contributed by atoms with van der Waals surface area (Å²) in [4.78, 5) is 19.3. The molecule has 1 saturated heterocycles. The lowest BCUT2D eigenvalue weighted by Crippen LogP contribution is -2.38. The SMILES string of the molecule is O=C(c1cc(-c2ccccc2F)no1)N1CCCCC1c1ncc(Cc2cccc(F)c2)o1. The quantitative estimate of drug-likeness (QED) is 0.399. The molecule has 0 radical (unpaired) electrons. The third-order valence-corrected chi connectivity index (χ3v) is 5.76. The largest absolute Gasteiger partial charge is 0.443 e. The molecule has 1 fully saturated rings. The fourth-order valence-electron chi connectivity index (χ4n) is 4.15. The number of halogens is 2. The highest BCUT2D eigenvalue weighted by Crippen LogP contribution is 2.33. The summed E-state index contributed by atoms with van der Waals surface area (Å²) in [6, 6.07) is 13.6. The predicted molar refractivity (Wildman–Crippen MR) is 115 cm³/mol. The topological polar surface area (TPSA) is 72.4 Å². The van der Waals surface area contributed by atoms with E-state index in [9.17, 15) is 13.6 Å². The molecule has 2 aromatic heterocycles. The van der Waals surface area contributed by atoms with Gasteiger partial charge in [0, 0.05) is 24.6 Å². The van der Waals surface area contributed by atoms with E-state index in [0.29, 0.717) is 31.0 Å². The van der Waals surface area contributed by atoms with E-state index in [4.69, 9.17) is 8.94 Å². The van der Waals surface area contributed by atoms with Gasteiger partial charge in [-0.3, -0.25) is 4.79 Å². The molecule has 1 unspecified atom stereocenters. The zero-order valence-electron chi connectivity index (χ0n) is 17.7. The molecule has 33 heavy (non-hydrogen) atoms. The summed E-state index contributed by atoms with van der Waals surface area (Å²) in [5.74, 6) is -0.0332. The van der Waals surface area contributed by atoms with Crippen molar-refractivity contribution in [2.75, 3.05) is 6.54 Å². The second kappa shape index (κ2) is 8.97. The van der Waals surface area contributed by atoms with Gasteiger partial charge >= 0.3 is 0 Å². The minimum Gasteiger partial charge on any atom is -0.443 e. The summed E-state index contributed by atoms with van der Waals surface area (Å²) in [5.41, 5.74) is 1.31. The van der Waals surface area contributed by atoms with Crippen LogP contribution in [0.4, 0.5) is 8.78 Å². The van der Waals surface area contributed by atoms with Gasteiger partial charge < -0.3 is 13.8 Å². The number of oxazole rings is 1. The number of likely N-dealkylation sites (tertiary alicyclic amines) is 1. The average Bonchev–Trinajstić information content (AvgIpc) is 3.49. The number of carbonyl (C=O) groups excluding carboxylic acids is 1. The Morgan fingerprint density at radius 1 is 1.09 bits per heavy atom. The number of amides is 1. The maximum Gasteiger partial charge on any atom is 0.293 e. The van der Waals surface area contributed by atoms with E-state index >= 15 is 0 Å². The van der Waals surface area contributed by atoms with Gasteiger partial charge in [0.2, 0.25) is 11.7 Å². The molecule has 6 nitrogen and oxygen atoms in total. The van der Waals surface area contributed by atoms with E-state index in [1.165, 1.54) is 24.3 Å². The third kappa shape index (κ3) is 4.41. The molecule has 1 amide bonds. The Bertz CT molecular complexity index is 1280. The van der Waals surface area contributed by atoms with Crippen LogP contribution in [0.25, 0.3) is 11.3 Å². The Morgan fingerprint density at radius 3 is 2.82 bits per heavy atom. The van der Waals surface area contributed by atoms with Crippen molar-refractivity contribution >= 4 is 5.91 Å². The van der Waals surface area contributed by atoms with Gasteiger partial charge in [-0.05, 0) is 49.1 Å². The highest BCUT2D eigenvalue weighted by Gasteiger charge is 2.34. The number of hydrogen-bond acceptors (Lipinski definition) is 5. The Labute approximate surface area is 188 Å². The molecule has 1 atom stereocenters. The molecule has 0 spiro atoms. The average molecular weight is 449 g/mol. The van der Waals surface area contributed by atoms with E-state index in [0.717, 1.165) is 18.4 Å². The first-order valence-electron chi connectivity index (χ1n) is 10.8. The number of carbonyl (C=O) groups is 1. The van der Waals surface area contributed by atoms with E-state index < -0.39 is 5.82 Å². The van der Waals surface area contributed by atoms with Gasteiger partial charge in [0.05, 0.1) is 6.20 Å². The van der Waals surface area contributed by atoms with Gasteiger partial charge in [-0.15, -0.1) is 0 Å². The lowest BCUT2D eigenvalue weighted by atomic mass is 10.0. The first-order chi connectivity index (χ1) is 16.1. The molecule has 0 saturated carbocycles. The van der Waals surface area contributed by atoms with Crippen molar-refractivity contribution in [3.8, 4) is 11.3 Å². The van der Waals surface area contributed by atoms with Crippen LogP contribution in [-0.2, 0) is 6.42 Å². The summed E-state index contributed by atoms with van der Waals surface area (Å²) < 4.78 is 38.8. The first kappa shape index (κ1) is 21.1. The standard InChI is InChI=1S/C25H21F2N3O3/c26-17-7-5-6-16(12-17)13-18-15-28-24(32-18)22-10-3-4-11-30(22)25(31)23-14-21(29-33-23)19-8-1-2-9-20(19)27/h1-2,5-9,12,14-15,22H,3-4,10-11,13H2. The van der Waals surface area contributed by atoms with Gasteiger partial charge in [-0.2, -0.15) is 0 Å². The van der Waals surface area contributed by atoms with Crippen molar-refractivity contribution in [2.24, 2.45) is 0 Å². The van der Waals surface area contributed by atoms with Crippen LogP contribution in [-0.4, -0.2) is 27.5 Å². The Balaban J connectivity index is 1.36. The van der Waals surface area contributed by atoms with Crippen LogP contribution in [0.2, 0.25) is 0 Å². The molecule has 168 valence electrons. The van der Waals surface area contributed by atoms with E-state index in [1.54, 1.807) is 35.4 Å². The molecule has 1 aliphatic heterocycles. The second-order valence-electron chi connectivity index (χ2n) is 8.04. The molecule has 3 heterocycles. The normalized spacial score (nSPS) is 16.2.